The van der Waals surface area contributed by atoms with Crippen LogP contribution in [0.2, 0.25) is 0 Å². The molecule has 204 valence electrons. The zero-order valence-electron chi connectivity index (χ0n) is 22.2. The van der Waals surface area contributed by atoms with Crippen molar-refractivity contribution >= 4 is 12.4 Å². The zero-order valence-corrected chi connectivity index (χ0v) is 22.2. The number of nitrogens with zero attached hydrogens (tertiary/aromatic N) is 1. The van der Waals surface area contributed by atoms with Crippen LogP contribution in [0.25, 0.3) is 11.1 Å². The van der Waals surface area contributed by atoms with Crippen molar-refractivity contribution < 1.29 is 33.7 Å². The molecule has 0 heterocycles. The lowest BCUT2D eigenvalue weighted by atomic mass is 9.98. The number of benzene rings is 4. The van der Waals surface area contributed by atoms with E-state index in [1.807, 2.05) is 48.5 Å². The number of carbonyl (C=O) groups excluding carboxylic acids is 1. The van der Waals surface area contributed by atoms with E-state index in [4.69, 9.17) is 19.0 Å². The van der Waals surface area contributed by atoms with E-state index in [2.05, 4.69) is 0 Å². The molecule has 0 fully saturated rings. The van der Waals surface area contributed by atoms with Gasteiger partial charge in [0.15, 0.2) is 0 Å². The molecule has 5 rings (SSSR count). The molecule has 8 heteroatoms. The summed E-state index contributed by atoms with van der Waals surface area (Å²) in [5.74, 6) is -0.454. The highest BCUT2D eigenvalue weighted by atomic mass is 16.7. The van der Waals surface area contributed by atoms with Crippen LogP contribution in [0.1, 0.15) is 22.6 Å². The van der Waals surface area contributed by atoms with Gasteiger partial charge in [0.05, 0.1) is 20.8 Å². The maximum absolute atomic E-state index is 13.1. The standard InChI is InChI=1S/C32H29NO7/c1-37-24-17-16-22(30(18-24)38-2)19-32(31(35)36,40-23-10-4-3-5-11-23)33(21-34)39-20-29-27-14-8-6-12-25(27)26-13-7-9-15-28(26)29/h3-18,21,29H,19-20H2,1-2H3,(H,35,36). The monoisotopic (exact) mass is 539 g/mol. The minimum Gasteiger partial charge on any atom is -0.497 e. The normalized spacial score (nSPS) is 13.4. The van der Waals surface area contributed by atoms with Gasteiger partial charge >= 0.3 is 11.7 Å². The molecule has 0 aliphatic heterocycles. The van der Waals surface area contributed by atoms with E-state index < -0.39 is 11.7 Å². The summed E-state index contributed by atoms with van der Waals surface area (Å²) in [6.45, 7) is 0.0136. The number of fused-ring (bicyclic) bond motifs is 3. The van der Waals surface area contributed by atoms with Gasteiger partial charge in [-0.3, -0.25) is 9.63 Å². The highest BCUT2D eigenvalue weighted by Crippen LogP contribution is 2.45. The summed E-state index contributed by atoms with van der Waals surface area (Å²) >= 11 is 0. The van der Waals surface area contributed by atoms with Crippen LogP contribution in [0.5, 0.6) is 17.2 Å². The van der Waals surface area contributed by atoms with Crippen molar-refractivity contribution in [2.24, 2.45) is 0 Å². The molecule has 0 bridgehead atoms. The third-order valence-corrected chi connectivity index (χ3v) is 7.08. The molecule has 40 heavy (non-hydrogen) atoms. The molecule has 8 nitrogen and oxygen atoms in total. The number of aliphatic carboxylic acids is 1. The van der Waals surface area contributed by atoms with Gasteiger partial charge in [-0.05, 0) is 40.5 Å². The fourth-order valence-corrected chi connectivity index (χ4v) is 5.13. The summed E-state index contributed by atoms with van der Waals surface area (Å²) in [4.78, 5) is 31.7. The molecule has 1 N–H and O–H groups in total. The number of ether oxygens (including phenoxy) is 3. The molecule has 1 aliphatic rings. The summed E-state index contributed by atoms with van der Waals surface area (Å²) < 4.78 is 16.9. The molecule has 0 saturated carbocycles. The number of hydrogen-bond acceptors (Lipinski definition) is 6. The van der Waals surface area contributed by atoms with E-state index in [1.54, 1.807) is 48.5 Å². The number of carbonyl (C=O) groups is 2. The maximum atomic E-state index is 13.1. The Kier molecular flexibility index (Phi) is 7.70. The summed E-state index contributed by atoms with van der Waals surface area (Å²) in [5.41, 5.74) is 2.46. The lowest BCUT2D eigenvalue weighted by molar-refractivity contribution is -0.260. The first-order valence-corrected chi connectivity index (χ1v) is 12.7. The third-order valence-electron chi connectivity index (χ3n) is 7.08. The van der Waals surface area contributed by atoms with E-state index in [9.17, 15) is 14.7 Å². The smallest absolute Gasteiger partial charge is 0.372 e. The van der Waals surface area contributed by atoms with Crippen LogP contribution in [0, 0.1) is 0 Å². The van der Waals surface area contributed by atoms with Gasteiger partial charge in [-0.2, -0.15) is 5.06 Å². The predicted molar refractivity (Wildman–Crippen MR) is 148 cm³/mol. The van der Waals surface area contributed by atoms with Crippen LogP contribution in [-0.2, 0) is 20.8 Å². The second kappa shape index (κ2) is 11.5. The van der Waals surface area contributed by atoms with E-state index >= 15 is 0 Å². The van der Waals surface area contributed by atoms with Gasteiger partial charge in [0.1, 0.15) is 17.2 Å². The molecular formula is C32H29NO7. The number of carboxylic acids is 1. The van der Waals surface area contributed by atoms with Crippen molar-refractivity contribution in [1.82, 2.24) is 5.06 Å². The molecule has 4 aromatic rings. The molecule has 0 radical (unpaired) electrons. The molecule has 1 amide bonds. The highest BCUT2D eigenvalue weighted by Gasteiger charge is 2.50. The SMILES string of the molecule is COc1ccc(CC(Oc2ccccc2)(C(=O)O)N(C=O)OCC2c3ccccc3-c3ccccc32)c(OC)c1. The minimum atomic E-state index is -2.26. The average molecular weight is 540 g/mol. The van der Waals surface area contributed by atoms with Crippen LogP contribution >= 0.6 is 0 Å². The number of hydrogen-bond donors (Lipinski definition) is 1. The average Bonchev–Trinajstić information content (AvgIpc) is 3.31. The van der Waals surface area contributed by atoms with Crippen molar-refractivity contribution in [3.63, 3.8) is 0 Å². The Morgan fingerprint density at radius 1 is 0.850 bits per heavy atom. The zero-order chi connectivity index (χ0) is 28.1. The third kappa shape index (κ3) is 4.97. The topological polar surface area (TPSA) is 94.5 Å². The Morgan fingerprint density at radius 3 is 2.05 bits per heavy atom. The van der Waals surface area contributed by atoms with Crippen molar-refractivity contribution in [3.05, 3.63) is 114 Å². The van der Waals surface area contributed by atoms with Gasteiger partial charge in [-0.25, -0.2) is 4.79 Å². The number of hydroxylamine groups is 2. The molecular weight excluding hydrogens is 510 g/mol. The molecule has 1 unspecified atom stereocenters. The summed E-state index contributed by atoms with van der Waals surface area (Å²) in [5, 5.41) is 11.4. The lowest BCUT2D eigenvalue weighted by Gasteiger charge is -2.37. The fourth-order valence-electron chi connectivity index (χ4n) is 5.13. The Bertz CT molecular complexity index is 1460. The van der Waals surface area contributed by atoms with Crippen LogP contribution in [-0.4, -0.2) is 49.1 Å². The summed E-state index contributed by atoms with van der Waals surface area (Å²) in [6, 6.07) is 29.4. The van der Waals surface area contributed by atoms with Crippen LogP contribution in [0.15, 0.2) is 97.1 Å². The fraction of sp³-hybridized carbons (Fsp3) is 0.188. The predicted octanol–water partition coefficient (Wildman–Crippen LogP) is 5.31. The van der Waals surface area contributed by atoms with E-state index in [1.165, 1.54) is 14.2 Å². The van der Waals surface area contributed by atoms with Crippen molar-refractivity contribution in [3.8, 4) is 28.4 Å². The van der Waals surface area contributed by atoms with Gasteiger partial charge in [0, 0.05) is 24.0 Å². The van der Waals surface area contributed by atoms with Crippen LogP contribution in [0.4, 0.5) is 0 Å². The summed E-state index contributed by atoms with van der Waals surface area (Å²) in [7, 11) is 3.00. The minimum absolute atomic E-state index is 0.0136. The van der Waals surface area contributed by atoms with Gasteiger partial charge in [0.2, 0.25) is 6.41 Å². The number of para-hydroxylation sites is 1. The molecule has 0 aromatic heterocycles. The molecule has 0 spiro atoms. The summed E-state index contributed by atoms with van der Waals surface area (Å²) in [6.07, 6.45) is 0.0702. The molecule has 1 atom stereocenters. The number of carboxylic acid groups (broad SMARTS) is 1. The van der Waals surface area contributed by atoms with E-state index in [0.717, 1.165) is 27.3 Å². The first-order valence-electron chi connectivity index (χ1n) is 12.7. The lowest BCUT2D eigenvalue weighted by Crippen LogP contribution is -2.60. The number of rotatable bonds is 12. The van der Waals surface area contributed by atoms with Crippen molar-refractivity contribution in [2.45, 2.75) is 18.1 Å². The van der Waals surface area contributed by atoms with Gasteiger partial charge in [-0.15, -0.1) is 0 Å². The van der Waals surface area contributed by atoms with Crippen LogP contribution < -0.4 is 14.2 Å². The van der Waals surface area contributed by atoms with E-state index in [-0.39, 0.29) is 24.7 Å². The van der Waals surface area contributed by atoms with Gasteiger partial charge in [0.25, 0.3) is 0 Å². The van der Waals surface area contributed by atoms with Crippen molar-refractivity contribution in [2.75, 3.05) is 20.8 Å². The van der Waals surface area contributed by atoms with Gasteiger partial charge in [-0.1, -0.05) is 72.8 Å². The van der Waals surface area contributed by atoms with E-state index in [0.29, 0.717) is 23.5 Å². The first kappa shape index (κ1) is 26.8. The molecule has 1 aliphatic carbocycles. The Labute approximate surface area is 232 Å². The Hall–Kier alpha value is -4.82. The number of methoxy groups -OCH3 is 2. The highest BCUT2D eigenvalue weighted by molar-refractivity contribution is 5.81. The first-order chi connectivity index (χ1) is 19.5. The molecule has 4 aromatic carbocycles. The van der Waals surface area contributed by atoms with Crippen molar-refractivity contribution in [1.29, 1.82) is 0 Å². The van der Waals surface area contributed by atoms with Crippen LogP contribution in [0.3, 0.4) is 0 Å². The second-order valence-electron chi connectivity index (χ2n) is 9.31. The molecule has 0 saturated heterocycles. The quantitative estimate of drug-likeness (QED) is 0.148. The number of amides is 1. The Morgan fingerprint density at radius 2 is 1.48 bits per heavy atom. The van der Waals surface area contributed by atoms with Gasteiger partial charge < -0.3 is 19.3 Å². The largest absolute Gasteiger partial charge is 0.497 e. The second-order valence-corrected chi connectivity index (χ2v) is 9.31. The maximum Gasteiger partial charge on any atom is 0.372 e. The Balaban J connectivity index is 1.53.